The summed E-state index contributed by atoms with van der Waals surface area (Å²) in [6.07, 6.45) is -6.35. The number of ether oxygens (including phenoxy) is 2. The molecule has 29 heavy (non-hydrogen) atoms. The van der Waals surface area contributed by atoms with E-state index < -0.39 is 61.1 Å². The highest BCUT2D eigenvalue weighted by Crippen LogP contribution is 2.34. The number of benzene rings is 1. The topological polar surface area (TPSA) is 166 Å². The van der Waals surface area contributed by atoms with Crippen molar-refractivity contribution in [3.63, 3.8) is 0 Å². The third-order valence-corrected chi connectivity index (χ3v) is 4.80. The molecule has 1 amide bonds. The lowest BCUT2D eigenvalue weighted by Gasteiger charge is -2.46. The molecular weight excluding hydrogens is 386 g/mol. The fourth-order valence-corrected chi connectivity index (χ4v) is 3.22. The summed E-state index contributed by atoms with van der Waals surface area (Å²) in [6.45, 7) is 2.28. The van der Waals surface area contributed by atoms with Crippen LogP contribution < -0.4 is 10.1 Å². The van der Waals surface area contributed by atoms with Crippen molar-refractivity contribution in [2.24, 2.45) is 0 Å². The van der Waals surface area contributed by atoms with Crippen molar-refractivity contribution in [1.29, 1.82) is 0 Å². The number of aryl methyl sites for hydroxylation is 1. The maximum Gasteiger partial charge on any atom is 0.377 e. The number of nitrogens with one attached hydrogen (secondary N) is 1. The van der Waals surface area contributed by atoms with Crippen LogP contribution in [0.4, 0.5) is 0 Å². The normalized spacial score (nSPS) is 29.0. The van der Waals surface area contributed by atoms with E-state index in [4.69, 9.17) is 14.6 Å². The van der Waals surface area contributed by atoms with Crippen molar-refractivity contribution in [2.45, 2.75) is 62.9 Å². The number of carbonyl (C=O) groups excluding carboxylic acids is 1. The van der Waals surface area contributed by atoms with Gasteiger partial charge in [0.25, 0.3) is 0 Å². The predicted octanol–water partition coefficient (Wildman–Crippen LogP) is -1.22. The van der Waals surface area contributed by atoms with Crippen LogP contribution in [0.3, 0.4) is 0 Å². The smallest absolute Gasteiger partial charge is 0.377 e. The Bertz CT molecular complexity index is 710. The van der Waals surface area contributed by atoms with Crippen molar-refractivity contribution in [1.82, 2.24) is 5.32 Å². The van der Waals surface area contributed by atoms with Crippen LogP contribution in [-0.4, -0.2) is 80.3 Å². The molecule has 0 aliphatic carbocycles. The summed E-state index contributed by atoms with van der Waals surface area (Å²) >= 11 is 0. The van der Waals surface area contributed by atoms with Gasteiger partial charge in [0.05, 0.1) is 25.2 Å². The fourth-order valence-electron chi connectivity index (χ4n) is 3.22. The quantitative estimate of drug-likeness (QED) is 0.306. The lowest BCUT2D eigenvalue weighted by Crippen LogP contribution is -2.68. The van der Waals surface area contributed by atoms with Gasteiger partial charge in [0.1, 0.15) is 24.1 Å². The Balaban J connectivity index is 2.38. The van der Waals surface area contributed by atoms with E-state index in [-0.39, 0.29) is 5.75 Å². The summed E-state index contributed by atoms with van der Waals surface area (Å²) in [7, 11) is 0. The Morgan fingerprint density at radius 2 is 1.93 bits per heavy atom. The van der Waals surface area contributed by atoms with Crippen molar-refractivity contribution < 1.29 is 44.6 Å². The number of rotatable bonds is 8. The summed E-state index contributed by atoms with van der Waals surface area (Å²) in [6, 6.07) is 5.35. The minimum Gasteiger partial charge on any atom is -0.476 e. The third-order valence-electron chi connectivity index (χ3n) is 4.80. The Hall–Kier alpha value is -2.24. The van der Waals surface area contributed by atoms with Crippen molar-refractivity contribution >= 4 is 11.9 Å². The maximum absolute atomic E-state index is 12.0. The first kappa shape index (κ1) is 23.0. The van der Waals surface area contributed by atoms with Crippen LogP contribution in [0.5, 0.6) is 5.75 Å². The second-order valence-electron chi connectivity index (χ2n) is 6.98. The van der Waals surface area contributed by atoms with Crippen LogP contribution in [0.15, 0.2) is 24.3 Å². The van der Waals surface area contributed by atoms with Gasteiger partial charge in [-0.3, -0.25) is 4.79 Å². The second-order valence-corrected chi connectivity index (χ2v) is 6.98. The van der Waals surface area contributed by atoms with Crippen LogP contribution >= 0.6 is 0 Å². The highest BCUT2D eigenvalue weighted by molar-refractivity contribution is 5.77. The number of carboxylic acids is 1. The number of aliphatic carboxylic acids is 1. The SMILES string of the molecule is CCc1ccc(O[C@@]2(C(=O)O)C[C@@H](O)[C@@H](NC(C)=O)C([C@H](O)[C@H](O)CO)O2)cc1. The van der Waals surface area contributed by atoms with Crippen LogP contribution in [0, 0.1) is 0 Å². The average molecular weight is 413 g/mol. The summed E-state index contributed by atoms with van der Waals surface area (Å²) in [5.74, 6) is -4.35. The summed E-state index contributed by atoms with van der Waals surface area (Å²) < 4.78 is 11.1. The number of carbonyl (C=O) groups is 2. The van der Waals surface area contributed by atoms with Gasteiger partial charge in [-0.2, -0.15) is 0 Å². The fraction of sp³-hybridized carbons (Fsp3) is 0.579. The molecule has 1 saturated heterocycles. The molecule has 1 aromatic rings. The van der Waals surface area contributed by atoms with Crippen LogP contribution in [0.1, 0.15) is 25.8 Å². The van der Waals surface area contributed by atoms with Gasteiger partial charge in [-0.1, -0.05) is 19.1 Å². The van der Waals surface area contributed by atoms with Gasteiger partial charge in [0.2, 0.25) is 5.91 Å². The van der Waals surface area contributed by atoms with Gasteiger partial charge >= 0.3 is 11.8 Å². The monoisotopic (exact) mass is 413 g/mol. The molecule has 0 saturated carbocycles. The van der Waals surface area contributed by atoms with E-state index in [1.54, 1.807) is 24.3 Å². The third kappa shape index (κ3) is 5.22. The Morgan fingerprint density at radius 1 is 1.31 bits per heavy atom. The Kier molecular flexibility index (Phi) is 7.55. The number of amides is 1. The molecule has 6 N–H and O–H groups in total. The minimum atomic E-state index is -2.39. The molecule has 1 aliphatic heterocycles. The Morgan fingerprint density at radius 3 is 2.41 bits per heavy atom. The molecule has 1 aromatic carbocycles. The predicted molar refractivity (Wildman–Crippen MR) is 99.0 cm³/mol. The van der Waals surface area contributed by atoms with Crippen LogP contribution in [-0.2, 0) is 20.7 Å². The van der Waals surface area contributed by atoms with Crippen molar-refractivity contribution in [2.75, 3.05) is 6.61 Å². The number of hydrogen-bond donors (Lipinski definition) is 6. The van der Waals surface area contributed by atoms with Gasteiger partial charge in [-0.05, 0) is 24.1 Å². The number of carboxylic acid groups (broad SMARTS) is 1. The molecule has 2 rings (SSSR count). The van der Waals surface area contributed by atoms with E-state index in [0.29, 0.717) is 0 Å². The number of hydrogen-bond acceptors (Lipinski definition) is 8. The first-order valence-corrected chi connectivity index (χ1v) is 9.24. The maximum atomic E-state index is 12.0. The van der Waals surface area contributed by atoms with Gasteiger partial charge in [-0.25, -0.2) is 4.79 Å². The van der Waals surface area contributed by atoms with Gasteiger partial charge in [0, 0.05) is 6.92 Å². The molecule has 0 bridgehead atoms. The lowest BCUT2D eigenvalue weighted by molar-refractivity contribution is -0.284. The van der Waals surface area contributed by atoms with Crippen molar-refractivity contribution in [3.8, 4) is 5.75 Å². The lowest BCUT2D eigenvalue weighted by atomic mass is 9.88. The highest BCUT2D eigenvalue weighted by atomic mass is 16.7. The molecule has 10 nitrogen and oxygen atoms in total. The molecule has 6 atom stereocenters. The van der Waals surface area contributed by atoms with Gasteiger partial charge < -0.3 is 40.3 Å². The molecular formula is C19H27NO9. The van der Waals surface area contributed by atoms with Crippen LogP contribution in [0.2, 0.25) is 0 Å². The zero-order valence-electron chi connectivity index (χ0n) is 16.2. The molecule has 1 heterocycles. The molecule has 0 spiro atoms. The van der Waals surface area contributed by atoms with E-state index in [1.165, 1.54) is 6.92 Å². The molecule has 162 valence electrons. The van der Waals surface area contributed by atoms with E-state index in [0.717, 1.165) is 12.0 Å². The van der Waals surface area contributed by atoms with Crippen LogP contribution in [0.25, 0.3) is 0 Å². The largest absolute Gasteiger partial charge is 0.476 e. The average Bonchev–Trinajstić information content (AvgIpc) is 2.68. The first-order valence-electron chi connectivity index (χ1n) is 9.24. The zero-order chi connectivity index (χ0) is 21.8. The molecule has 10 heteroatoms. The molecule has 1 fully saturated rings. The first-order chi connectivity index (χ1) is 13.6. The summed E-state index contributed by atoms with van der Waals surface area (Å²) in [4.78, 5) is 23.5. The van der Waals surface area contributed by atoms with Gasteiger partial charge in [-0.15, -0.1) is 0 Å². The van der Waals surface area contributed by atoms with Gasteiger partial charge in [0.15, 0.2) is 0 Å². The summed E-state index contributed by atoms with van der Waals surface area (Å²) in [5.41, 5.74) is 0.997. The second kappa shape index (κ2) is 9.51. The molecule has 0 radical (unpaired) electrons. The summed E-state index contributed by atoms with van der Waals surface area (Å²) in [5, 5.41) is 52.0. The van der Waals surface area contributed by atoms with E-state index >= 15 is 0 Å². The Labute approximate surface area is 167 Å². The molecule has 0 aromatic heterocycles. The van der Waals surface area contributed by atoms with Crippen molar-refractivity contribution in [3.05, 3.63) is 29.8 Å². The number of aliphatic hydroxyl groups is 4. The van der Waals surface area contributed by atoms with E-state index in [9.17, 15) is 30.0 Å². The number of aliphatic hydroxyl groups excluding tert-OH is 4. The minimum absolute atomic E-state index is 0.158. The zero-order valence-corrected chi connectivity index (χ0v) is 16.2. The van der Waals surface area contributed by atoms with E-state index in [1.807, 2.05) is 6.92 Å². The standard InChI is InChI=1S/C19H27NO9/c1-3-11-4-6-12(7-5-11)28-19(18(26)27)8-13(23)15(20-10(2)22)17(29-19)16(25)14(24)9-21/h4-7,13-17,21,23-25H,3,8-9H2,1-2H3,(H,20,22)(H,26,27)/t13-,14-,15-,16-,17?,19+/m1/s1. The molecule has 1 unspecified atom stereocenters. The highest BCUT2D eigenvalue weighted by Gasteiger charge is 2.56. The van der Waals surface area contributed by atoms with E-state index in [2.05, 4.69) is 5.32 Å². The molecule has 1 aliphatic rings.